The third-order valence-corrected chi connectivity index (χ3v) is 4.79. The Bertz CT molecular complexity index is 1070. The molecule has 0 spiro atoms. The molecule has 148 valence electrons. The summed E-state index contributed by atoms with van der Waals surface area (Å²) in [5.74, 6) is -1.60. The van der Waals surface area contributed by atoms with Crippen LogP contribution in [0.25, 0.3) is 11.6 Å². The monoisotopic (exact) mass is 415 g/mol. The number of nitro benzene ring substituents is 1. The minimum atomic E-state index is -4.84. The minimum absolute atomic E-state index is 0.0259. The second kappa shape index (κ2) is 7.43. The van der Waals surface area contributed by atoms with E-state index >= 15 is 0 Å². The molecule has 0 fully saturated rings. The van der Waals surface area contributed by atoms with Crippen molar-refractivity contribution in [3.8, 4) is 0 Å². The molecule has 0 aliphatic carbocycles. The highest BCUT2D eigenvalue weighted by Crippen LogP contribution is 2.35. The van der Waals surface area contributed by atoms with E-state index in [1.165, 1.54) is 24.3 Å². The fourth-order valence-corrected chi connectivity index (χ4v) is 2.95. The number of nitrogens with zero attached hydrogens (tertiary/aromatic N) is 1. The van der Waals surface area contributed by atoms with Gasteiger partial charge in [-0.15, -0.1) is 0 Å². The van der Waals surface area contributed by atoms with Gasteiger partial charge in [-0.25, -0.2) is 13.2 Å². The first-order chi connectivity index (χ1) is 12.8. The van der Waals surface area contributed by atoms with Crippen LogP contribution in [0.5, 0.6) is 0 Å². The molecule has 0 amide bonds. The molecule has 0 aromatic heterocycles. The lowest BCUT2D eigenvalue weighted by atomic mass is 9.99. The van der Waals surface area contributed by atoms with E-state index < -0.39 is 49.3 Å². The first-order valence-electron chi connectivity index (χ1n) is 7.42. The Morgan fingerprint density at radius 2 is 1.71 bits per heavy atom. The van der Waals surface area contributed by atoms with Crippen molar-refractivity contribution in [2.75, 3.05) is 6.26 Å². The van der Waals surface area contributed by atoms with Gasteiger partial charge in [0.2, 0.25) is 0 Å². The lowest BCUT2D eigenvalue weighted by molar-refractivity contribution is -0.385. The second-order valence-corrected chi connectivity index (χ2v) is 7.71. The van der Waals surface area contributed by atoms with Crippen molar-refractivity contribution in [3.63, 3.8) is 0 Å². The van der Waals surface area contributed by atoms with Crippen molar-refractivity contribution >= 4 is 33.1 Å². The summed E-state index contributed by atoms with van der Waals surface area (Å²) in [5.41, 5.74) is -3.24. The Kier molecular flexibility index (Phi) is 5.59. The zero-order chi connectivity index (χ0) is 21.3. The summed E-state index contributed by atoms with van der Waals surface area (Å²) in [4.78, 5) is 21.6. The lowest BCUT2D eigenvalue weighted by Crippen LogP contribution is -2.08. The number of hydrogen-bond acceptors (Lipinski definition) is 5. The topological polar surface area (TPSA) is 115 Å². The molecule has 2 aromatic carbocycles. The fraction of sp³-hybridized carbons (Fsp3) is 0.118. The first-order valence-corrected chi connectivity index (χ1v) is 9.31. The van der Waals surface area contributed by atoms with E-state index in [0.717, 1.165) is 12.3 Å². The number of carbonyl (C=O) groups is 1. The summed E-state index contributed by atoms with van der Waals surface area (Å²) < 4.78 is 61.3. The molecule has 0 saturated heterocycles. The zero-order valence-electron chi connectivity index (χ0n) is 14.1. The van der Waals surface area contributed by atoms with Gasteiger partial charge >= 0.3 is 12.1 Å². The number of carboxylic acid groups (broad SMARTS) is 1. The normalized spacial score (nSPS) is 12.6. The average molecular weight is 415 g/mol. The van der Waals surface area contributed by atoms with Crippen LogP contribution in [0.2, 0.25) is 0 Å². The van der Waals surface area contributed by atoms with Crippen molar-refractivity contribution in [3.05, 3.63) is 69.3 Å². The predicted molar refractivity (Wildman–Crippen MR) is 93.2 cm³/mol. The van der Waals surface area contributed by atoms with Crippen molar-refractivity contribution in [2.24, 2.45) is 0 Å². The maximum atomic E-state index is 12.8. The molecular weight excluding hydrogens is 403 g/mol. The smallest absolute Gasteiger partial charge is 0.416 e. The Hall–Kier alpha value is -3.21. The average Bonchev–Trinajstić information content (AvgIpc) is 2.57. The van der Waals surface area contributed by atoms with Gasteiger partial charge in [-0.05, 0) is 35.9 Å². The standard InChI is InChI=1S/C17H12F3NO6S/c1-28(26,27)12-5-2-10(3-6-12)8-14(16(22)23)13-7-4-11(17(18,19)20)9-15(13)21(24)25/h2-9H,1H3,(H,22,23)/b14-8-. The van der Waals surface area contributed by atoms with Gasteiger partial charge in [-0.1, -0.05) is 12.1 Å². The number of nitro groups is 1. The van der Waals surface area contributed by atoms with Gasteiger partial charge in [0.05, 0.1) is 26.5 Å². The highest BCUT2D eigenvalue weighted by molar-refractivity contribution is 7.90. The van der Waals surface area contributed by atoms with Gasteiger partial charge in [0.15, 0.2) is 9.84 Å². The largest absolute Gasteiger partial charge is 0.478 e. The van der Waals surface area contributed by atoms with Crippen molar-refractivity contribution in [2.45, 2.75) is 11.1 Å². The van der Waals surface area contributed by atoms with E-state index in [-0.39, 0.29) is 16.5 Å². The van der Waals surface area contributed by atoms with Gasteiger partial charge in [0.1, 0.15) is 0 Å². The van der Waals surface area contributed by atoms with Crippen LogP contribution in [0.1, 0.15) is 16.7 Å². The number of carboxylic acids is 1. The Morgan fingerprint density at radius 1 is 1.14 bits per heavy atom. The van der Waals surface area contributed by atoms with Crippen LogP contribution in [0, 0.1) is 10.1 Å². The molecule has 0 aliphatic rings. The van der Waals surface area contributed by atoms with E-state index in [0.29, 0.717) is 12.1 Å². The van der Waals surface area contributed by atoms with Gasteiger partial charge in [0, 0.05) is 12.3 Å². The molecule has 0 aliphatic heterocycles. The van der Waals surface area contributed by atoms with E-state index in [1.807, 2.05) is 0 Å². The summed E-state index contributed by atoms with van der Waals surface area (Å²) in [6, 6.07) is 6.49. The molecule has 28 heavy (non-hydrogen) atoms. The molecule has 0 bridgehead atoms. The lowest BCUT2D eigenvalue weighted by Gasteiger charge is -2.09. The number of aliphatic carboxylic acids is 1. The van der Waals surface area contributed by atoms with Crippen LogP contribution < -0.4 is 0 Å². The van der Waals surface area contributed by atoms with Crippen LogP contribution in [0.4, 0.5) is 18.9 Å². The molecule has 0 saturated carbocycles. The molecule has 0 heterocycles. The van der Waals surface area contributed by atoms with Crippen LogP contribution in [0.15, 0.2) is 47.4 Å². The summed E-state index contributed by atoms with van der Waals surface area (Å²) in [5, 5.41) is 20.6. The molecule has 0 radical (unpaired) electrons. The molecular formula is C17H12F3NO6S. The van der Waals surface area contributed by atoms with Crippen LogP contribution in [-0.2, 0) is 20.8 Å². The molecule has 7 nitrogen and oxygen atoms in total. The van der Waals surface area contributed by atoms with E-state index in [2.05, 4.69) is 0 Å². The molecule has 2 rings (SSSR count). The Labute approximate surface area is 156 Å². The van der Waals surface area contributed by atoms with Crippen molar-refractivity contribution in [1.29, 1.82) is 0 Å². The number of rotatable bonds is 5. The molecule has 1 N–H and O–H groups in total. The van der Waals surface area contributed by atoms with Gasteiger partial charge in [-0.3, -0.25) is 10.1 Å². The molecule has 2 aromatic rings. The summed E-state index contributed by atoms with van der Waals surface area (Å²) >= 11 is 0. The molecule has 0 unspecified atom stereocenters. The number of benzene rings is 2. The summed E-state index contributed by atoms with van der Waals surface area (Å²) in [6.45, 7) is 0. The van der Waals surface area contributed by atoms with E-state index in [1.54, 1.807) is 0 Å². The quantitative estimate of drug-likeness (QED) is 0.345. The first kappa shape index (κ1) is 21.1. The van der Waals surface area contributed by atoms with Gasteiger partial charge in [0.25, 0.3) is 5.69 Å². The van der Waals surface area contributed by atoms with Gasteiger partial charge in [-0.2, -0.15) is 13.2 Å². The maximum Gasteiger partial charge on any atom is 0.416 e. The number of alkyl halides is 3. The zero-order valence-corrected chi connectivity index (χ0v) is 14.9. The summed E-state index contributed by atoms with van der Waals surface area (Å²) in [7, 11) is -3.49. The predicted octanol–water partition coefficient (Wildman–Crippen LogP) is 3.64. The Balaban J connectivity index is 2.62. The van der Waals surface area contributed by atoms with Gasteiger partial charge < -0.3 is 5.11 Å². The fourth-order valence-electron chi connectivity index (χ4n) is 2.32. The third-order valence-electron chi connectivity index (χ3n) is 3.66. The second-order valence-electron chi connectivity index (χ2n) is 5.69. The number of hydrogen-bond donors (Lipinski definition) is 1. The number of halogens is 3. The SMILES string of the molecule is CS(=O)(=O)c1ccc(/C=C(\C(=O)O)c2ccc(C(F)(F)F)cc2[N+](=O)[O-])cc1. The van der Waals surface area contributed by atoms with Crippen LogP contribution in [0.3, 0.4) is 0 Å². The highest BCUT2D eigenvalue weighted by atomic mass is 32.2. The molecule has 0 atom stereocenters. The highest BCUT2D eigenvalue weighted by Gasteiger charge is 2.34. The maximum absolute atomic E-state index is 12.8. The number of sulfone groups is 1. The third kappa shape index (κ3) is 4.74. The van der Waals surface area contributed by atoms with Crippen molar-refractivity contribution in [1.82, 2.24) is 0 Å². The molecule has 11 heteroatoms. The van der Waals surface area contributed by atoms with Crippen molar-refractivity contribution < 1.29 is 36.4 Å². The Morgan fingerprint density at radius 3 is 2.14 bits per heavy atom. The van der Waals surface area contributed by atoms with Crippen LogP contribution >= 0.6 is 0 Å². The summed E-state index contributed by atoms with van der Waals surface area (Å²) in [6.07, 6.45) is -2.85. The van der Waals surface area contributed by atoms with Crippen LogP contribution in [-0.4, -0.2) is 30.7 Å². The minimum Gasteiger partial charge on any atom is -0.478 e. The van der Waals surface area contributed by atoms with E-state index in [4.69, 9.17) is 0 Å². The van der Waals surface area contributed by atoms with E-state index in [9.17, 15) is 41.6 Å².